The number of benzene rings is 1. The van der Waals surface area contributed by atoms with Gasteiger partial charge in [0.15, 0.2) is 22.1 Å². The zero-order valence-electron chi connectivity index (χ0n) is 16.3. The smallest absolute Gasteiger partial charge is 0.248 e. The molecule has 4 N–H and O–H groups in total. The van der Waals surface area contributed by atoms with Gasteiger partial charge in [0.25, 0.3) is 0 Å². The SMILES string of the molecule is C[C@H](O)C(=O)NCCCn1c(Sc2cc3c(cc2I)CCO3)nc2c(N)ncnc21. The first kappa shape index (κ1) is 21.1. The molecule has 0 saturated heterocycles. The fourth-order valence-electron chi connectivity index (χ4n) is 3.16. The normalized spacial score (nSPS) is 13.8. The summed E-state index contributed by atoms with van der Waals surface area (Å²) in [7, 11) is 0. The highest BCUT2D eigenvalue weighted by molar-refractivity contribution is 14.1. The number of imidazole rings is 1. The lowest BCUT2D eigenvalue weighted by Crippen LogP contribution is -2.33. The number of ether oxygens (including phenoxy) is 1. The van der Waals surface area contributed by atoms with Crippen LogP contribution in [0.25, 0.3) is 11.2 Å². The van der Waals surface area contributed by atoms with E-state index < -0.39 is 6.10 Å². The van der Waals surface area contributed by atoms with Crippen LogP contribution in [0.3, 0.4) is 0 Å². The average Bonchev–Trinajstić information content (AvgIpc) is 3.30. The van der Waals surface area contributed by atoms with Crippen molar-refractivity contribution in [1.29, 1.82) is 0 Å². The number of nitrogen functional groups attached to an aromatic ring is 1. The van der Waals surface area contributed by atoms with Gasteiger partial charge in [0.05, 0.1) is 6.61 Å². The summed E-state index contributed by atoms with van der Waals surface area (Å²) in [4.78, 5) is 25.7. The van der Waals surface area contributed by atoms with Crippen molar-refractivity contribution in [2.24, 2.45) is 0 Å². The predicted octanol–water partition coefficient (Wildman–Crippen LogP) is 1.99. The third-order valence-corrected chi connectivity index (χ3v) is 7.02. The van der Waals surface area contributed by atoms with Crippen molar-refractivity contribution in [2.75, 3.05) is 18.9 Å². The molecule has 3 heterocycles. The Morgan fingerprint density at radius 2 is 2.30 bits per heavy atom. The predicted molar refractivity (Wildman–Crippen MR) is 122 cm³/mol. The van der Waals surface area contributed by atoms with Crippen LogP contribution in [0.5, 0.6) is 5.75 Å². The first-order chi connectivity index (χ1) is 14.4. The van der Waals surface area contributed by atoms with Gasteiger partial charge < -0.3 is 25.5 Å². The van der Waals surface area contributed by atoms with Gasteiger partial charge in [-0.3, -0.25) is 4.79 Å². The van der Waals surface area contributed by atoms with Crippen molar-refractivity contribution in [2.45, 2.75) is 42.5 Å². The molecule has 0 aliphatic carbocycles. The van der Waals surface area contributed by atoms with Crippen LogP contribution in [-0.2, 0) is 17.8 Å². The maximum absolute atomic E-state index is 11.6. The second-order valence-corrected chi connectivity index (χ2v) is 9.06. The molecule has 0 unspecified atom stereocenters. The highest BCUT2D eigenvalue weighted by Crippen LogP contribution is 2.38. The number of nitrogens with two attached hydrogens (primary N) is 1. The van der Waals surface area contributed by atoms with E-state index in [0.29, 0.717) is 43.1 Å². The molecule has 0 saturated carbocycles. The van der Waals surface area contributed by atoms with Gasteiger partial charge in [-0.05, 0) is 53.6 Å². The highest BCUT2D eigenvalue weighted by Gasteiger charge is 2.20. The number of aliphatic hydroxyl groups excluding tert-OH is 1. The van der Waals surface area contributed by atoms with Gasteiger partial charge in [-0.15, -0.1) is 0 Å². The molecule has 0 bridgehead atoms. The second kappa shape index (κ2) is 8.94. The number of aromatic nitrogens is 4. The van der Waals surface area contributed by atoms with Gasteiger partial charge in [0.1, 0.15) is 18.2 Å². The number of hydrogen-bond acceptors (Lipinski definition) is 8. The van der Waals surface area contributed by atoms with Crippen molar-refractivity contribution in [3.63, 3.8) is 0 Å². The minimum Gasteiger partial charge on any atom is -0.493 e. The summed E-state index contributed by atoms with van der Waals surface area (Å²) >= 11 is 3.85. The first-order valence-corrected chi connectivity index (χ1v) is 11.4. The van der Waals surface area contributed by atoms with Crippen molar-refractivity contribution < 1.29 is 14.6 Å². The van der Waals surface area contributed by atoms with Crippen LogP contribution < -0.4 is 15.8 Å². The topological polar surface area (TPSA) is 128 Å². The number of carbonyl (C=O) groups excluding carboxylic acids is 1. The minimum absolute atomic E-state index is 0.329. The Labute approximate surface area is 191 Å². The highest BCUT2D eigenvalue weighted by atomic mass is 127. The number of aliphatic hydroxyl groups is 1. The molecular weight excluding hydrogens is 519 g/mol. The molecule has 1 aliphatic heterocycles. The van der Waals surface area contributed by atoms with E-state index >= 15 is 0 Å². The molecule has 0 radical (unpaired) electrons. The summed E-state index contributed by atoms with van der Waals surface area (Å²) in [5.41, 5.74) is 8.45. The van der Waals surface area contributed by atoms with E-state index in [1.165, 1.54) is 30.6 Å². The summed E-state index contributed by atoms with van der Waals surface area (Å²) in [6, 6.07) is 4.20. The van der Waals surface area contributed by atoms with E-state index in [9.17, 15) is 9.90 Å². The molecule has 3 aromatic rings. The fourth-order valence-corrected chi connectivity index (χ4v) is 4.97. The Morgan fingerprint density at radius 1 is 1.47 bits per heavy atom. The molecule has 158 valence electrons. The quantitative estimate of drug-likeness (QED) is 0.307. The van der Waals surface area contributed by atoms with Gasteiger partial charge >= 0.3 is 0 Å². The molecule has 1 aliphatic rings. The number of rotatable bonds is 7. The van der Waals surface area contributed by atoms with Crippen molar-refractivity contribution >= 4 is 57.2 Å². The number of carbonyl (C=O) groups is 1. The number of halogens is 1. The van der Waals surface area contributed by atoms with Crippen molar-refractivity contribution in [3.05, 3.63) is 27.6 Å². The van der Waals surface area contributed by atoms with Gasteiger partial charge in [0.2, 0.25) is 5.91 Å². The molecule has 2 aromatic heterocycles. The van der Waals surface area contributed by atoms with Crippen LogP contribution in [0, 0.1) is 3.57 Å². The molecule has 1 amide bonds. The molecule has 1 atom stereocenters. The number of aryl methyl sites for hydroxylation is 1. The Balaban J connectivity index is 1.60. The number of hydrogen-bond donors (Lipinski definition) is 3. The Morgan fingerprint density at radius 3 is 3.10 bits per heavy atom. The molecule has 4 rings (SSSR count). The van der Waals surface area contributed by atoms with Crippen LogP contribution in [-0.4, -0.2) is 49.8 Å². The van der Waals surface area contributed by atoms with E-state index in [4.69, 9.17) is 10.5 Å². The van der Waals surface area contributed by atoms with Crippen LogP contribution in [0.15, 0.2) is 28.5 Å². The maximum atomic E-state index is 11.6. The fraction of sp³-hybridized carbons (Fsp3) is 0.368. The molecule has 11 heteroatoms. The summed E-state index contributed by atoms with van der Waals surface area (Å²) in [6.07, 6.45) is 1.97. The number of anilines is 1. The van der Waals surface area contributed by atoms with Gasteiger partial charge in [-0.2, -0.15) is 0 Å². The Kier molecular flexibility index (Phi) is 6.29. The monoisotopic (exact) mass is 540 g/mol. The molecule has 9 nitrogen and oxygen atoms in total. The van der Waals surface area contributed by atoms with Crippen LogP contribution in [0.4, 0.5) is 5.82 Å². The zero-order valence-corrected chi connectivity index (χ0v) is 19.2. The van der Waals surface area contributed by atoms with E-state index in [1.807, 2.05) is 4.57 Å². The summed E-state index contributed by atoms with van der Waals surface area (Å²) in [6.45, 7) is 3.16. The number of nitrogens with zero attached hydrogens (tertiary/aromatic N) is 4. The summed E-state index contributed by atoms with van der Waals surface area (Å²) in [5.74, 6) is 0.857. The third kappa shape index (κ3) is 4.32. The third-order valence-electron chi connectivity index (χ3n) is 4.71. The zero-order chi connectivity index (χ0) is 21.3. The van der Waals surface area contributed by atoms with Gasteiger partial charge in [-0.25, -0.2) is 15.0 Å². The molecular formula is C19H21IN6O3S. The summed E-state index contributed by atoms with van der Waals surface area (Å²) in [5, 5.41) is 12.8. The molecule has 1 aromatic carbocycles. The molecule has 0 spiro atoms. The standard InChI is InChI=1S/C19H21IN6O3S/c1-10(27)18(28)22-4-2-5-26-17-15(16(21)23-9-24-17)25-19(26)30-14-8-13-11(3-6-29-13)7-12(14)20/h7-10,27H,2-6H2,1H3,(H,22,28)(H2,21,23,24)/t10-/m0/s1. The minimum atomic E-state index is -1.03. The van der Waals surface area contributed by atoms with E-state index in [1.54, 1.807) is 0 Å². The molecule has 30 heavy (non-hydrogen) atoms. The summed E-state index contributed by atoms with van der Waals surface area (Å²) < 4.78 is 8.83. The lowest BCUT2D eigenvalue weighted by molar-refractivity contribution is -0.128. The first-order valence-electron chi connectivity index (χ1n) is 9.49. The largest absolute Gasteiger partial charge is 0.493 e. The van der Waals surface area contributed by atoms with Gasteiger partial charge in [-0.1, -0.05) is 11.8 Å². The van der Waals surface area contributed by atoms with E-state index in [2.05, 4.69) is 55.0 Å². The van der Waals surface area contributed by atoms with E-state index in [0.717, 1.165) is 25.8 Å². The lowest BCUT2D eigenvalue weighted by atomic mass is 10.2. The number of nitrogens with one attached hydrogen (secondary N) is 1. The van der Waals surface area contributed by atoms with Gasteiger partial charge in [0, 0.05) is 28.0 Å². The van der Waals surface area contributed by atoms with Crippen LogP contribution in [0.2, 0.25) is 0 Å². The second-order valence-electron chi connectivity index (χ2n) is 6.89. The average molecular weight is 540 g/mol. The number of fused-ring (bicyclic) bond motifs is 2. The molecule has 0 fully saturated rings. The van der Waals surface area contributed by atoms with Crippen molar-refractivity contribution in [1.82, 2.24) is 24.8 Å². The van der Waals surface area contributed by atoms with Crippen LogP contribution >= 0.6 is 34.4 Å². The Hall–Kier alpha value is -2.12. The van der Waals surface area contributed by atoms with Crippen LogP contribution in [0.1, 0.15) is 18.9 Å². The lowest BCUT2D eigenvalue weighted by Gasteiger charge is -2.11. The number of amides is 1. The maximum Gasteiger partial charge on any atom is 0.248 e. The van der Waals surface area contributed by atoms with Crippen molar-refractivity contribution in [3.8, 4) is 5.75 Å². The van der Waals surface area contributed by atoms with E-state index in [-0.39, 0.29) is 5.91 Å². The Bertz CT molecular complexity index is 1100.